The molecular weight excluding hydrogens is 404 g/mol. The average Bonchev–Trinajstić information content (AvgIpc) is 3.26. The molecule has 1 aromatic carbocycles. The van der Waals surface area contributed by atoms with E-state index < -0.39 is 0 Å². The van der Waals surface area contributed by atoms with Gasteiger partial charge in [0.2, 0.25) is 5.91 Å². The number of nitrogens with zero attached hydrogens (tertiary/aromatic N) is 3. The number of hydrogen-bond donors (Lipinski definition) is 1. The van der Waals surface area contributed by atoms with Crippen molar-refractivity contribution >= 4 is 29.0 Å². The Labute approximate surface area is 178 Å². The first kappa shape index (κ1) is 20.0. The van der Waals surface area contributed by atoms with Crippen LogP contribution < -0.4 is 10.1 Å². The molecule has 6 nitrogen and oxygen atoms in total. The third kappa shape index (κ3) is 5.61. The lowest BCUT2D eigenvalue weighted by molar-refractivity contribution is -0.118. The minimum Gasteiger partial charge on any atom is -0.492 e. The number of hydrogen-bond acceptors (Lipinski definition) is 6. The molecule has 2 heterocycles. The fourth-order valence-electron chi connectivity index (χ4n) is 3.04. The highest BCUT2D eigenvalue weighted by molar-refractivity contribution is 7.99. The molecule has 0 radical (unpaired) electrons. The Morgan fingerprint density at radius 3 is 2.97 bits per heavy atom. The number of carbonyl (C=O) groups excluding carboxylic acids is 1. The number of aromatic nitrogens is 3. The lowest BCUT2D eigenvalue weighted by atomic mass is 10.2. The van der Waals surface area contributed by atoms with Gasteiger partial charge in [-0.2, -0.15) is 0 Å². The highest BCUT2D eigenvalue weighted by Crippen LogP contribution is 2.39. The van der Waals surface area contributed by atoms with Gasteiger partial charge in [0.15, 0.2) is 5.16 Å². The summed E-state index contributed by atoms with van der Waals surface area (Å²) in [6, 6.07) is 12.5. The predicted molar refractivity (Wildman–Crippen MR) is 116 cm³/mol. The highest BCUT2D eigenvalue weighted by atomic mass is 32.2. The Morgan fingerprint density at radius 1 is 1.31 bits per heavy atom. The number of amides is 1. The molecule has 1 saturated carbocycles. The molecular formula is C21H24N4O2S2. The first-order valence-electron chi connectivity index (χ1n) is 9.74. The van der Waals surface area contributed by atoms with Crippen molar-refractivity contribution in [3.63, 3.8) is 0 Å². The zero-order valence-corrected chi connectivity index (χ0v) is 18.0. The van der Waals surface area contributed by atoms with Crippen LogP contribution >= 0.6 is 23.1 Å². The van der Waals surface area contributed by atoms with Crippen LogP contribution in [0.5, 0.6) is 5.75 Å². The first-order chi connectivity index (χ1) is 14.2. The summed E-state index contributed by atoms with van der Waals surface area (Å²) in [5.41, 5.74) is 1.15. The van der Waals surface area contributed by atoms with Crippen molar-refractivity contribution in [2.75, 3.05) is 18.9 Å². The second-order valence-electron chi connectivity index (χ2n) is 7.06. The predicted octanol–water partition coefficient (Wildman–Crippen LogP) is 3.86. The van der Waals surface area contributed by atoms with Crippen molar-refractivity contribution in [2.45, 2.75) is 37.4 Å². The van der Waals surface area contributed by atoms with Gasteiger partial charge in [0.1, 0.15) is 18.2 Å². The summed E-state index contributed by atoms with van der Waals surface area (Å²) in [7, 11) is 0. The number of carbonyl (C=O) groups is 1. The van der Waals surface area contributed by atoms with E-state index in [1.165, 1.54) is 16.6 Å². The van der Waals surface area contributed by atoms with Gasteiger partial charge >= 0.3 is 0 Å². The van der Waals surface area contributed by atoms with Crippen LogP contribution in [0.4, 0.5) is 0 Å². The van der Waals surface area contributed by atoms with Crippen LogP contribution in [0, 0.1) is 6.92 Å². The summed E-state index contributed by atoms with van der Waals surface area (Å²) in [5.74, 6) is 2.12. The van der Waals surface area contributed by atoms with E-state index in [2.05, 4.69) is 37.6 Å². The zero-order valence-electron chi connectivity index (χ0n) is 16.3. The number of thiophene rings is 1. The molecule has 4 rings (SSSR count). The van der Waals surface area contributed by atoms with Gasteiger partial charge in [-0.25, -0.2) is 0 Å². The van der Waals surface area contributed by atoms with Crippen LogP contribution in [-0.2, 0) is 11.2 Å². The molecule has 0 bridgehead atoms. The zero-order chi connectivity index (χ0) is 20.1. The Morgan fingerprint density at radius 2 is 2.21 bits per heavy atom. The Kier molecular flexibility index (Phi) is 6.51. The molecule has 0 spiro atoms. The molecule has 1 aliphatic carbocycles. The summed E-state index contributed by atoms with van der Waals surface area (Å²) < 4.78 is 7.89. The standard InChI is InChI=1S/C21H24N4O2S2/c1-15-4-2-5-17(12-15)27-10-9-22-20(26)14-29-21-24-23-19(25(21)16-7-8-16)13-18-6-3-11-28-18/h2-6,11-12,16H,7-10,13-14H2,1H3,(H,22,26). The normalized spacial score (nSPS) is 13.4. The molecule has 2 aromatic heterocycles. The molecule has 0 aliphatic heterocycles. The van der Waals surface area contributed by atoms with Crippen LogP contribution in [0.3, 0.4) is 0 Å². The molecule has 0 atom stereocenters. The largest absolute Gasteiger partial charge is 0.492 e. The van der Waals surface area contributed by atoms with E-state index in [1.807, 2.05) is 31.2 Å². The molecule has 152 valence electrons. The van der Waals surface area contributed by atoms with E-state index in [-0.39, 0.29) is 5.91 Å². The van der Waals surface area contributed by atoms with Crippen LogP contribution in [-0.4, -0.2) is 39.6 Å². The van der Waals surface area contributed by atoms with Crippen molar-refractivity contribution in [2.24, 2.45) is 0 Å². The van der Waals surface area contributed by atoms with E-state index in [0.717, 1.165) is 41.6 Å². The number of ether oxygens (including phenoxy) is 1. The number of rotatable bonds is 10. The van der Waals surface area contributed by atoms with Crippen molar-refractivity contribution in [1.82, 2.24) is 20.1 Å². The Hall–Kier alpha value is -2.32. The number of nitrogens with one attached hydrogen (secondary N) is 1. The number of thioether (sulfide) groups is 1. The van der Waals surface area contributed by atoms with Gasteiger partial charge in [-0.3, -0.25) is 4.79 Å². The lowest BCUT2D eigenvalue weighted by Crippen LogP contribution is -2.29. The highest BCUT2D eigenvalue weighted by Gasteiger charge is 2.29. The molecule has 8 heteroatoms. The quantitative estimate of drug-likeness (QED) is 0.392. The molecule has 1 N–H and O–H groups in total. The molecule has 1 fully saturated rings. The number of aryl methyl sites for hydroxylation is 1. The molecule has 3 aromatic rings. The molecule has 0 unspecified atom stereocenters. The fourth-order valence-corrected chi connectivity index (χ4v) is 4.60. The van der Waals surface area contributed by atoms with E-state index >= 15 is 0 Å². The van der Waals surface area contributed by atoms with E-state index in [0.29, 0.717) is 24.9 Å². The van der Waals surface area contributed by atoms with Crippen LogP contribution in [0.15, 0.2) is 46.9 Å². The molecule has 29 heavy (non-hydrogen) atoms. The topological polar surface area (TPSA) is 69.0 Å². The van der Waals surface area contributed by atoms with Crippen molar-refractivity contribution in [3.8, 4) is 5.75 Å². The summed E-state index contributed by atoms with van der Waals surface area (Å²) in [6.45, 7) is 2.95. The van der Waals surface area contributed by atoms with Gasteiger partial charge in [0.25, 0.3) is 0 Å². The maximum atomic E-state index is 12.2. The summed E-state index contributed by atoms with van der Waals surface area (Å²) in [5, 5.41) is 14.6. The monoisotopic (exact) mass is 428 g/mol. The van der Waals surface area contributed by atoms with Gasteiger partial charge in [-0.1, -0.05) is 30.0 Å². The summed E-state index contributed by atoms with van der Waals surface area (Å²) in [4.78, 5) is 13.5. The maximum Gasteiger partial charge on any atom is 0.230 e. The minimum atomic E-state index is -0.0204. The third-order valence-electron chi connectivity index (χ3n) is 4.57. The Balaban J connectivity index is 1.24. The van der Waals surface area contributed by atoms with E-state index in [4.69, 9.17) is 4.74 Å². The second kappa shape index (κ2) is 9.45. The first-order valence-corrected chi connectivity index (χ1v) is 11.6. The van der Waals surface area contributed by atoms with Crippen LogP contribution in [0.1, 0.15) is 35.1 Å². The molecule has 1 amide bonds. The van der Waals surface area contributed by atoms with Crippen LogP contribution in [0.25, 0.3) is 0 Å². The average molecular weight is 429 g/mol. The lowest BCUT2D eigenvalue weighted by Gasteiger charge is -2.09. The number of benzene rings is 1. The minimum absolute atomic E-state index is 0.0204. The third-order valence-corrected chi connectivity index (χ3v) is 6.39. The van der Waals surface area contributed by atoms with Gasteiger partial charge < -0.3 is 14.6 Å². The van der Waals surface area contributed by atoms with Crippen LogP contribution in [0.2, 0.25) is 0 Å². The summed E-state index contributed by atoms with van der Waals surface area (Å²) >= 11 is 3.19. The van der Waals surface area contributed by atoms with Crippen molar-refractivity contribution in [3.05, 3.63) is 58.0 Å². The van der Waals surface area contributed by atoms with Gasteiger partial charge in [-0.15, -0.1) is 21.5 Å². The van der Waals surface area contributed by atoms with Crippen molar-refractivity contribution < 1.29 is 9.53 Å². The van der Waals surface area contributed by atoms with E-state index in [1.54, 1.807) is 11.3 Å². The Bertz CT molecular complexity index is 952. The van der Waals surface area contributed by atoms with Crippen molar-refractivity contribution in [1.29, 1.82) is 0 Å². The fraction of sp³-hybridized carbons (Fsp3) is 0.381. The van der Waals surface area contributed by atoms with Gasteiger partial charge in [0.05, 0.1) is 12.3 Å². The molecule has 1 aliphatic rings. The molecule has 0 saturated heterocycles. The van der Waals surface area contributed by atoms with Gasteiger partial charge in [0, 0.05) is 17.3 Å². The smallest absolute Gasteiger partial charge is 0.230 e. The summed E-state index contributed by atoms with van der Waals surface area (Å²) in [6.07, 6.45) is 3.11. The van der Waals surface area contributed by atoms with E-state index in [9.17, 15) is 4.79 Å². The second-order valence-corrected chi connectivity index (χ2v) is 9.03. The maximum absolute atomic E-state index is 12.2. The SMILES string of the molecule is Cc1cccc(OCCNC(=O)CSc2nnc(Cc3cccs3)n2C2CC2)c1. The van der Waals surface area contributed by atoms with Gasteiger partial charge in [-0.05, 0) is 48.9 Å².